The molecule has 8 nitrogen and oxygen atoms in total. The van der Waals surface area contributed by atoms with Crippen LogP contribution in [-0.2, 0) is 25.1 Å². The maximum atomic E-state index is 13.6. The lowest BCUT2D eigenvalue weighted by Gasteiger charge is -2.39. The van der Waals surface area contributed by atoms with Crippen LogP contribution in [0.25, 0.3) is 0 Å². The first-order chi connectivity index (χ1) is 15.7. The van der Waals surface area contributed by atoms with Crippen molar-refractivity contribution in [2.75, 3.05) is 40.1 Å². The molecule has 0 heterocycles. The minimum absolute atomic E-state index is 0.0733. The van der Waals surface area contributed by atoms with Gasteiger partial charge in [0.15, 0.2) is 0 Å². The number of likely N-dealkylation sites (N-methyl/N-ethyl adjacent to an activating group) is 1. The summed E-state index contributed by atoms with van der Waals surface area (Å²) in [6.07, 6.45) is 3.73. The fraction of sp³-hybridized carbons (Fsp3) is 0.417. The number of carbonyl (C=O) groups excluding carboxylic acids is 2. The Bertz CT molecular complexity index is 1110. The van der Waals surface area contributed by atoms with Crippen LogP contribution in [0.15, 0.2) is 53.4 Å². The molecule has 3 rings (SSSR count). The first kappa shape index (κ1) is 24.7. The van der Waals surface area contributed by atoms with Crippen LogP contribution < -0.4 is 5.32 Å². The summed E-state index contributed by atoms with van der Waals surface area (Å²) in [5.74, 6) is -0.930. The number of amides is 1. The second kappa shape index (κ2) is 9.93. The van der Waals surface area contributed by atoms with Gasteiger partial charge in [-0.2, -0.15) is 4.31 Å². The van der Waals surface area contributed by atoms with Crippen LogP contribution in [0.5, 0.6) is 0 Å². The molecule has 9 heteroatoms. The van der Waals surface area contributed by atoms with E-state index < -0.39 is 28.1 Å². The summed E-state index contributed by atoms with van der Waals surface area (Å²) < 4.78 is 31.9. The van der Waals surface area contributed by atoms with Gasteiger partial charge < -0.3 is 15.0 Å². The van der Waals surface area contributed by atoms with Gasteiger partial charge in [-0.15, -0.1) is 0 Å². The number of sulfonamides is 1. The number of anilines is 1. The molecule has 2 aromatic carbocycles. The van der Waals surface area contributed by atoms with Gasteiger partial charge in [0.25, 0.3) is 5.91 Å². The molecule has 178 valence electrons. The van der Waals surface area contributed by atoms with E-state index in [1.54, 1.807) is 31.1 Å². The molecule has 0 aromatic heterocycles. The number of rotatable bonds is 8. The first-order valence-electron chi connectivity index (χ1n) is 10.9. The molecule has 0 aliphatic heterocycles. The Kier molecular flexibility index (Phi) is 7.44. The van der Waals surface area contributed by atoms with E-state index in [2.05, 4.69) is 10.1 Å². The smallest absolute Gasteiger partial charge is 0.321 e. The van der Waals surface area contributed by atoms with Crippen molar-refractivity contribution in [2.45, 2.75) is 36.1 Å². The third-order valence-corrected chi connectivity index (χ3v) is 8.30. The fourth-order valence-corrected chi connectivity index (χ4v) is 5.82. The zero-order chi connectivity index (χ0) is 24.2. The maximum Gasteiger partial charge on any atom is 0.321 e. The lowest BCUT2D eigenvalue weighted by Crippen LogP contribution is -2.45. The summed E-state index contributed by atoms with van der Waals surface area (Å²) in [5.41, 5.74) is 1.25. The minimum Gasteiger partial charge on any atom is -0.468 e. The number of hydrogen-bond acceptors (Lipinski definition) is 6. The fourth-order valence-electron chi connectivity index (χ4n) is 4.49. The highest BCUT2D eigenvalue weighted by Crippen LogP contribution is 2.44. The summed E-state index contributed by atoms with van der Waals surface area (Å²) in [4.78, 5) is 26.9. The number of esters is 1. The van der Waals surface area contributed by atoms with E-state index in [0.717, 1.165) is 35.6 Å². The van der Waals surface area contributed by atoms with E-state index in [4.69, 9.17) is 0 Å². The lowest BCUT2D eigenvalue weighted by atomic mass is 9.86. The molecule has 0 atom stereocenters. The van der Waals surface area contributed by atoms with Gasteiger partial charge in [-0.1, -0.05) is 43.2 Å². The van der Waals surface area contributed by atoms with E-state index in [-0.39, 0.29) is 16.4 Å². The second-order valence-electron chi connectivity index (χ2n) is 8.27. The van der Waals surface area contributed by atoms with Gasteiger partial charge in [-0.25, -0.2) is 8.42 Å². The molecule has 0 spiro atoms. The molecule has 0 saturated heterocycles. The van der Waals surface area contributed by atoms with Crippen molar-refractivity contribution in [2.24, 2.45) is 0 Å². The van der Waals surface area contributed by atoms with Crippen LogP contribution in [0.4, 0.5) is 5.69 Å². The molecule has 0 unspecified atom stereocenters. The molecule has 1 amide bonds. The summed E-state index contributed by atoms with van der Waals surface area (Å²) in [7, 11) is 1.83. The number of carbonyl (C=O) groups is 2. The van der Waals surface area contributed by atoms with Gasteiger partial charge in [0, 0.05) is 26.7 Å². The van der Waals surface area contributed by atoms with Crippen molar-refractivity contribution < 1.29 is 22.7 Å². The first-order valence-corrected chi connectivity index (χ1v) is 12.3. The Labute approximate surface area is 195 Å². The van der Waals surface area contributed by atoms with E-state index in [9.17, 15) is 18.0 Å². The molecule has 1 fully saturated rings. The van der Waals surface area contributed by atoms with Gasteiger partial charge in [-0.3, -0.25) is 9.59 Å². The summed E-state index contributed by atoms with van der Waals surface area (Å²) in [6, 6.07) is 14.5. The Balaban J connectivity index is 2.00. The van der Waals surface area contributed by atoms with Crippen molar-refractivity contribution in [3.8, 4) is 0 Å². The minimum atomic E-state index is -4.06. The molecule has 1 aliphatic rings. The highest BCUT2D eigenvalue weighted by molar-refractivity contribution is 7.89. The van der Waals surface area contributed by atoms with E-state index in [1.807, 2.05) is 30.3 Å². The standard InChI is InChI=1S/C24H31N3O5S/c1-25-20-13-12-18(16-21(20)33(30,31)26(2)17-22(28)32-4)23(29)27(3)24(14-8-9-15-24)19-10-6-5-7-11-19/h5-7,10-13,16,25H,8-9,14-15,17H2,1-4H3. The zero-order valence-electron chi connectivity index (χ0n) is 19.5. The predicted octanol–water partition coefficient (Wildman–Crippen LogP) is 3.06. The van der Waals surface area contributed by atoms with Crippen LogP contribution in [0.2, 0.25) is 0 Å². The SMILES string of the molecule is CNc1ccc(C(=O)N(C)C2(c3ccccc3)CCCC2)cc1S(=O)(=O)N(C)CC(=O)OC. The Morgan fingerprint density at radius 3 is 2.27 bits per heavy atom. The third kappa shape index (κ3) is 4.74. The molecular weight excluding hydrogens is 442 g/mol. The highest BCUT2D eigenvalue weighted by Gasteiger charge is 2.42. The van der Waals surface area contributed by atoms with Gasteiger partial charge in [0.1, 0.15) is 11.4 Å². The topological polar surface area (TPSA) is 96.0 Å². The van der Waals surface area contributed by atoms with Crippen LogP contribution in [0.1, 0.15) is 41.6 Å². The van der Waals surface area contributed by atoms with Crippen LogP contribution >= 0.6 is 0 Å². The van der Waals surface area contributed by atoms with Gasteiger partial charge >= 0.3 is 5.97 Å². The molecule has 33 heavy (non-hydrogen) atoms. The van der Waals surface area contributed by atoms with Crippen molar-refractivity contribution in [3.63, 3.8) is 0 Å². The highest BCUT2D eigenvalue weighted by atomic mass is 32.2. The summed E-state index contributed by atoms with van der Waals surface area (Å²) in [6.45, 7) is -0.433. The molecule has 1 saturated carbocycles. The van der Waals surface area contributed by atoms with Crippen LogP contribution in [-0.4, -0.2) is 64.3 Å². The average molecular weight is 474 g/mol. The number of nitrogens with zero attached hydrogens (tertiary/aromatic N) is 2. The predicted molar refractivity (Wildman–Crippen MR) is 127 cm³/mol. The van der Waals surface area contributed by atoms with Crippen LogP contribution in [0.3, 0.4) is 0 Å². The third-order valence-electron chi connectivity index (χ3n) is 6.45. The summed E-state index contributed by atoms with van der Waals surface area (Å²) in [5, 5.41) is 2.86. The molecule has 1 N–H and O–H groups in total. The molecule has 0 radical (unpaired) electrons. The normalized spacial score (nSPS) is 15.3. The van der Waals surface area contributed by atoms with Crippen molar-refractivity contribution in [3.05, 3.63) is 59.7 Å². The zero-order valence-corrected chi connectivity index (χ0v) is 20.3. The number of hydrogen-bond donors (Lipinski definition) is 1. The van der Waals surface area contributed by atoms with E-state index in [0.29, 0.717) is 5.69 Å². The molecular formula is C24H31N3O5S. The van der Waals surface area contributed by atoms with Crippen molar-refractivity contribution >= 4 is 27.6 Å². The lowest BCUT2D eigenvalue weighted by molar-refractivity contribution is -0.140. The summed E-state index contributed by atoms with van der Waals surface area (Å²) >= 11 is 0. The second-order valence-corrected chi connectivity index (χ2v) is 10.3. The number of benzene rings is 2. The van der Waals surface area contributed by atoms with Gasteiger partial charge in [0.2, 0.25) is 10.0 Å². The number of nitrogens with one attached hydrogen (secondary N) is 1. The Hall–Kier alpha value is -2.91. The van der Waals surface area contributed by atoms with Gasteiger partial charge in [0.05, 0.1) is 18.3 Å². The quantitative estimate of drug-likeness (QED) is 0.592. The maximum absolute atomic E-state index is 13.6. The monoisotopic (exact) mass is 473 g/mol. The van der Waals surface area contributed by atoms with E-state index in [1.165, 1.54) is 20.2 Å². The largest absolute Gasteiger partial charge is 0.468 e. The Morgan fingerprint density at radius 1 is 1.06 bits per heavy atom. The molecule has 0 bridgehead atoms. The van der Waals surface area contributed by atoms with Crippen LogP contribution in [0, 0.1) is 0 Å². The molecule has 2 aromatic rings. The van der Waals surface area contributed by atoms with Gasteiger partial charge in [-0.05, 0) is 36.6 Å². The van der Waals surface area contributed by atoms with Crippen molar-refractivity contribution in [1.29, 1.82) is 0 Å². The number of ether oxygens (including phenoxy) is 1. The van der Waals surface area contributed by atoms with Crippen molar-refractivity contribution in [1.82, 2.24) is 9.21 Å². The Morgan fingerprint density at radius 2 is 1.70 bits per heavy atom. The molecule has 1 aliphatic carbocycles. The number of methoxy groups -OCH3 is 1. The van der Waals surface area contributed by atoms with E-state index >= 15 is 0 Å². The average Bonchev–Trinajstić information content (AvgIpc) is 3.34.